The molecule has 0 aromatic heterocycles. The average Bonchev–Trinajstić information content (AvgIpc) is 3.02. The summed E-state index contributed by atoms with van der Waals surface area (Å²) in [6, 6.07) is 30.5. The highest BCUT2D eigenvalue weighted by Crippen LogP contribution is 2.44. The van der Waals surface area contributed by atoms with Gasteiger partial charge in [0, 0.05) is 40.1 Å². The molecule has 0 bridgehead atoms. The van der Waals surface area contributed by atoms with Gasteiger partial charge in [-0.3, -0.25) is 40.5 Å². The molecule has 0 heterocycles. The molecule has 5 rings (SSSR count). The van der Waals surface area contributed by atoms with Crippen LogP contribution < -0.4 is 31.8 Å². The van der Waals surface area contributed by atoms with Crippen LogP contribution in [0, 0.1) is 40.5 Å². The normalized spacial score (nSPS) is 11.0. The van der Waals surface area contributed by atoms with Crippen molar-refractivity contribution < 1.29 is 19.7 Å². The maximum Gasteiger partial charge on any atom is 0.277 e. The Morgan fingerprint density at radius 1 is 0.318 bits per heavy atom. The summed E-state index contributed by atoms with van der Waals surface area (Å²) in [7, 11) is -4.09. The van der Waals surface area contributed by atoms with E-state index in [0.29, 0.717) is 10.6 Å². The minimum absolute atomic E-state index is 0.217. The number of hydrogen-bond acceptors (Lipinski definition) is 8. The van der Waals surface area contributed by atoms with Crippen molar-refractivity contribution in [3.8, 4) is 0 Å². The van der Waals surface area contributed by atoms with Crippen LogP contribution in [0.1, 0.15) is 0 Å². The second-order valence-corrected chi connectivity index (χ2v) is 13.4. The van der Waals surface area contributed by atoms with Gasteiger partial charge in [-0.25, -0.2) is 0 Å². The van der Waals surface area contributed by atoms with Gasteiger partial charge in [0.15, 0.2) is 0 Å². The number of rotatable bonds is 10. The van der Waals surface area contributed by atoms with Crippen LogP contribution in [0.25, 0.3) is 0 Å². The summed E-state index contributed by atoms with van der Waals surface area (Å²) < 4.78 is 0. The van der Waals surface area contributed by atoms with Crippen LogP contribution in [0.2, 0.25) is 0 Å². The van der Waals surface area contributed by atoms with Crippen LogP contribution >= 0.6 is 15.8 Å². The highest BCUT2D eigenvalue weighted by atomic mass is 31.1. The molecule has 14 heteroatoms. The number of hydrogen-bond donors (Lipinski definition) is 0. The maximum atomic E-state index is 12.2. The second-order valence-electron chi connectivity index (χ2n) is 9.14. The Morgan fingerprint density at radius 2 is 0.500 bits per heavy atom. The van der Waals surface area contributed by atoms with Crippen LogP contribution in [0.15, 0.2) is 121 Å². The van der Waals surface area contributed by atoms with Crippen molar-refractivity contribution in [2.75, 3.05) is 0 Å². The van der Waals surface area contributed by atoms with E-state index in [-0.39, 0.29) is 44.0 Å². The fourth-order valence-corrected chi connectivity index (χ4v) is 10.6. The number of benzene rings is 5. The lowest BCUT2D eigenvalue weighted by Gasteiger charge is -2.26. The van der Waals surface area contributed by atoms with Crippen molar-refractivity contribution in [3.63, 3.8) is 0 Å². The van der Waals surface area contributed by atoms with Crippen molar-refractivity contribution in [1.29, 1.82) is 0 Å². The molecule has 0 radical (unpaired) electrons. The Bertz CT molecular complexity index is 1680. The molecule has 0 fully saturated rings. The quantitative estimate of drug-likeness (QED) is 0.120. The van der Waals surface area contributed by atoms with Crippen LogP contribution in [0.3, 0.4) is 0 Å². The zero-order valence-electron chi connectivity index (χ0n) is 22.5. The molecule has 218 valence electrons. The van der Waals surface area contributed by atoms with Crippen molar-refractivity contribution >= 4 is 70.4 Å². The molecule has 0 amide bonds. The Balaban J connectivity index is 1.93. The molecule has 5 aromatic rings. The number of nitro groups is 4. The second kappa shape index (κ2) is 12.8. The largest absolute Gasteiger partial charge is 0.277 e. The summed E-state index contributed by atoms with van der Waals surface area (Å²) in [5.41, 5.74) is -1.03. The van der Waals surface area contributed by atoms with E-state index in [1.165, 1.54) is 72.8 Å². The van der Waals surface area contributed by atoms with Gasteiger partial charge in [0.25, 0.3) is 22.7 Å². The van der Waals surface area contributed by atoms with E-state index in [2.05, 4.69) is 0 Å². The van der Waals surface area contributed by atoms with Gasteiger partial charge in [-0.2, -0.15) is 0 Å². The smallest absolute Gasteiger partial charge is 0.258 e. The molecule has 0 aliphatic heterocycles. The Kier molecular flexibility index (Phi) is 8.76. The van der Waals surface area contributed by atoms with E-state index in [1.807, 2.05) is 0 Å². The highest BCUT2D eigenvalue weighted by Gasteiger charge is 2.36. The summed E-state index contributed by atoms with van der Waals surface area (Å²) in [6.45, 7) is 0. The summed E-state index contributed by atoms with van der Waals surface area (Å²) in [5, 5.41) is 50.7. The lowest BCUT2D eigenvalue weighted by atomic mass is 10.3. The van der Waals surface area contributed by atoms with Gasteiger partial charge in [-0.1, -0.05) is 72.8 Å². The highest BCUT2D eigenvalue weighted by molar-refractivity contribution is 7.86. The average molecular weight is 626 g/mol. The number of nitrogens with zero attached hydrogens (tertiary/aromatic N) is 4. The maximum absolute atomic E-state index is 12.2. The molecule has 0 spiro atoms. The molecule has 12 nitrogen and oxygen atoms in total. The first-order chi connectivity index (χ1) is 21.2. The first kappa shape index (κ1) is 30.0. The molecular formula is C30H20N4O8P2. The molecule has 0 saturated carbocycles. The Labute approximate surface area is 251 Å². The minimum atomic E-state index is -2.04. The molecule has 0 aliphatic carbocycles. The zero-order chi connectivity index (χ0) is 31.4. The van der Waals surface area contributed by atoms with E-state index >= 15 is 0 Å². The molecule has 44 heavy (non-hydrogen) atoms. The monoisotopic (exact) mass is 626 g/mol. The number of nitro benzene ring substituents is 4. The predicted molar refractivity (Wildman–Crippen MR) is 170 cm³/mol. The van der Waals surface area contributed by atoms with E-state index in [0.717, 1.165) is 0 Å². The molecule has 0 saturated heterocycles. The predicted octanol–water partition coefficient (Wildman–Crippen LogP) is 4.84. The minimum Gasteiger partial charge on any atom is -0.258 e. The fraction of sp³-hybridized carbons (Fsp3) is 0. The third kappa shape index (κ3) is 5.76. The Hall–Kier alpha value is -5.44. The fourth-order valence-electron chi connectivity index (χ4n) is 4.85. The first-order valence-corrected chi connectivity index (χ1v) is 15.5. The summed E-state index contributed by atoms with van der Waals surface area (Å²) in [5.74, 6) is 0. The van der Waals surface area contributed by atoms with Gasteiger partial charge >= 0.3 is 0 Å². The van der Waals surface area contributed by atoms with Gasteiger partial charge in [-0.15, -0.1) is 0 Å². The van der Waals surface area contributed by atoms with Crippen LogP contribution in [-0.2, 0) is 0 Å². The zero-order valence-corrected chi connectivity index (χ0v) is 24.3. The third-order valence-electron chi connectivity index (χ3n) is 6.64. The molecule has 0 unspecified atom stereocenters. The number of para-hydroxylation sites is 4. The molecule has 0 aliphatic rings. The van der Waals surface area contributed by atoms with E-state index in [1.54, 1.807) is 48.5 Å². The van der Waals surface area contributed by atoms with Crippen LogP contribution in [0.4, 0.5) is 22.7 Å². The Morgan fingerprint density at radius 3 is 0.705 bits per heavy atom. The summed E-state index contributed by atoms with van der Waals surface area (Å²) in [4.78, 5) is 46.7. The van der Waals surface area contributed by atoms with Gasteiger partial charge in [0.05, 0.1) is 40.9 Å². The van der Waals surface area contributed by atoms with Gasteiger partial charge in [-0.05, 0) is 34.9 Å². The summed E-state index contributed by atoms with van der Waals surface area (Å²) >= 11 is 0. The van der Waals surface area contributed by atoms with E-state index in [9.17, 15) is 40.5 Å². The first-order valence-electron chi connectivity index (χ1n) is 12.8. The van der Waals surface area contributed by atoms with Crippen molar-refractivity contribution in [2.45, 2.75) is 0 Å². The molecular weight excluding hydrogens is 606 g/mol. The third-order valence-corrected chi connectivity index (χ3v) is 12.0. The topological polar surface area (TPSA) is 173 Å². The molecule has 5 aromatic carbocycles. The van der Waals surface area contributed by atoms with Crippen molar-refractivity contribution in [3.05, 3.63) is 162 Å². The molecule has 0 atom stereocenters. The lowest BCUT2D eigenvalue weighted by molar-refractivity contribution is -0.384. The lowest BCUT2D eigenvalue weighted by Crippen LogP contribution is -2.36. The molecule has 0 N–H and O–H groups in total. The van der Waals surface area contributed by atoms with E-state index in [4.69, 9.17) is 0 Å². The van der Waals surface area contributed by atoms with Crippen molar-refractivity contribution in [1.82, 2.24) is 0 Å². The van der Waals surface area contributed by atoms with Gasteiger partial charge in [0.2, 0.25) is 0 Å². The van der Waals surface area contributed by atoms with Crippen LogP contribution in [0.5, 0.6) is 0 Å². The summed E-state index contributed by atoms with van der Waals surface area (Å²) in [6.07, 6.45) is 0. The van der Waals surface area contributed by atoms with Crippen LogP contribution in [-0.4, -0.2) is 19.7 Å². The van der Waals surface area contributed by atoms with E-state index < -0.39 is 35.5 Å². The SMILES string of the molecule is O=[N+]([O-])c1ccccc1P(c1ccccc1[N+](=O)[O-])c1ccccc1P(c1ccccc1[N+](=O)[O-])c1ccccc1[N+](=O)[O-]. The standard InChI is InChI=1S/C30H20N4O8P2/c35-31(36)21-11-1-5-15-25(21)43(26-16-6-2-12-22(26)32(37)38)29-19-9-10-20-30(29)44(27-17-7-3-13-23(27)33(39)40)28-18-8-4-14-24(28)34(41)42/h1-20H. The van der Waals surface area contributed by atoms with Gasteiger partial charge in [0.1, 0.15) is 0 Å². The van der Waals surface area contributed by atoms with Gasteiger partial charge < -0.3 is 0 Å². The van der Waals surface area contributed by atoms with Crippen molar-refractivity contribution in [2.24, 2.45) is 0 Å².